The smallest absolute Gasteiger partial charge is 0.151 e. The second-order valence-corrected chi connectivity index (χ2v) is 5.74. The van der Waals surface area contributed by atoms with Gasteiger partial charge in [-0.2, -0.15) is 5.10 Å². The zero-order valence-corrected chi connectivity index (χ0v) is 13.3. The van der Waals surface area contributed by atoms with Gasteiger partial charge in [0.1, 0.15) is 5.82 Å². The Morgan fingerprint density at radius 3 is 2.80 bits per heavy atom. The molecule has 1 atom stereocenters. The molecule has 1 heterocycles. The topological polar surface area (TPSA) is 65.0 Å². The molecule has 0 aliphatic carbocycles. The highest BCUT2D eigenvalue weighted by Crippen LogP contribution is 2.23. The Bertz CT molecular complexity index is 558. The van der Waals surface area contributed by atoms with Crippen molar-refractivity contribution in [2.45, 2.75) is 19.4 Å². The molecule has 1 aromatic heterocycles. The van der Waals surface area contributed by atoms with Crippen molar-refractivity contribution in [3.8, 4) is 0 Å². The number of aromatic amines is 1. The summed E-state index contributed by atoms with van der Waals surface area (Å²) in [6.07, 6.45) is 0.258. The van der Waals surface area contributed by atoms with E-state index in [1.54, 1.807) is 0 Å². The molecule has 0 radical (unpaired) electrons. The van der Waals surface area contributed by atoms with Crippen molar-refractivity contribution in [1.29, 1.82) is 0 Å². The molecule has 0 spiro atoms. The minimum atomic E-state index is -0.510. The van der Waals surface area contributed by atoms with E-state index in [0.717, 1.165) is 34.7 Å². The lowest BCUT2D eigenvalue weighted by atomic mass is 10.1. The first kappa shape index (κ1) is 15.2. The standard InChI is InChI=1S/C14H19BrN4O/c1-10-16-14(18-17-10)7-8-19(2)9-13(20)11-5-3-4-6-12(11)15/h3-6,13,20H,7-9H2,1-2H3,(H,16,17,18). The van der Waals surface area contributed by atoms with Crippen LogP contribution in [0.2, 0.25) is 0 Å². The van der Waals surface area contributed by atoms with Gasteiger partial charge >= 0.3 is 0 Å². The van der Waals surface area contributed by atoms with Crippen LogP contribution < -0.4 is 0 Å². The van der Waals surface area contributed by atoms with Crippen LogP contribution in [0.1, 0.15) is 23.3 Å². The molecule has 2 N–H and O–H groups in total. The van der Waals surface area contributed by atoms with Gasteiger partial charge in [0.2, 0.25) is 0 Å². The summed E-state index contributed by atoms with van der Waals surface area (Å²) >= 11 is 3.46. The van der Waals surface area contributed by atoms with Gasteiger partial charge in [0.15, 0.2) is 5.82 Å². The number of rotatable bonds is 6. The van der Waals surface area contributed by atoms with E-state index in [0.29, 0.717) is 6.54 Å². The van der Waals surface area contributed by atoms with Gasteiger partial charge in [-0.3, -0.25) is 5.10 Å². The normalized spacial score (nSPS) is 12.8. The molecule has 6 heteroatoms. The van der Waals surface area contributed by atoms with Crippen molar-refractivity contribution >= 4 is 15.9 Å². The second kappa shape index (κ2) is 6.97. The maximum atomic E-state index is 10.3. The lowest BCUT2D eigenvalue weighted by Gasteiger charge is -2.21. The van der Waals surface area contributed by atoms with Crippen LogP contribution in [-0.4, -0.2) is 45.3 Å². The number of hydrogen-bond acceptors (Lipinski definition) is 4. The van der Waals surface area contributed by atoms with Crippen LogP contribution >= 0.6 is 15.9 Å². The van der Waals surface area contributed by atoms with Gasteiger partial charge < -0.3 is 10.0 Å². The van der Waals surface area contributed by atoms with E-state index in [1.165, 1.54) is 0 Å². The first-order valence-electron chi connectivity index (χ1n) is 6.55. The van der Waals surface area contributed by atoms with Crippen LogP contribution in [0.25, 0.3) is 0 Å². The van der Waals surface area contributed by atoms with Crippen LogP contribution in [0.15, 0.2) is 28.7 Å². The fourth-order valence-corrected chi connectivity index (χ4v) is 2.57. The number of aliphatic hydroxyl groups excluding tert-OH is 1. The largest absolute Gasteiger partial charge is 0.387 e. The molecule has 0 aliphatic heterocycles. The van der Waals surface area contributed by atoms with Crippen LogP contribution in [0.3, 0.4) is 0 Å². The lowest BCUT2D eigenvalue weighted by Crippen LogP contribution is -2.27. The molecule has 2 rings (SSSR count). The summed E-state index contributed by atoms with van der Waals surface area (Å²) in [5.41, 5.74) is 0.910. The summed E-state index contributed by atoms with van der Waals surface area (Å²) in [4.78, 5) is 6.35. The number of nitrogens with zero attached hydrogens (tertiary/aromatic N) is 3. The molecule has 0 saturated carbocycles. The summed E-state index contributed by atoms with van der Waals surface area (Å²) in [6, 6.07) is 7.74. The van der Waals surface area contributed by atoms with E-state index in [9.17, 15) is 5.11 Å². The first-order valence-corrected chi connectivity index (χ1v) is 7.34. The third kappa shape index (κ3) is 4.13. The average Bonchev–Trinajstić information content (AvgIpc) is 2.82. The molecule has 0 amide bonds. The van der Waals surface area contributed by atoms with Crippen molar-refractivity contribution in [2.75, 3.05) is 20.1 Å². The number of halogens is 1. The average molecular weight is 339 g/mol. The van der Waals surface area contributed by atoms with Gasteiger partial charge in [-0.05, 0) is 25.6 Å². The Balaban J connectivity index is 1.85. The first-order chi connectivity index (χ1) is 9.56. The Kier molecular flexibility index (Phi) is 5.28. The number of H-pyrrole nitrogens is 1. The predicted octanol–water partition coefficient (Wildman–Crippen LogP) is 2.08. The quantitative estimate of drug-likeness (QED) is 0.846. The van der Waals surface area contributed by atoms with Crippen LogP contribution in [0.4, 0.5) is 0 Å². The summed E-state index contributed by atoms with van der Waals surface area (Å²) in [7, 11) is 1.99. The van der Waals surface area contributed by atoms with E-state index in [1.807, 2.05) is 38.2 Å². The third-order valence-corrected chi connectivity index (χ3v) is 3.83. The van der Waals surface area contributed by atoms with Gasteiger partial charge in [0.25, 0.3) is 0 Å². The minimum Gasteiger partial charge on any atom is -0.387 e. The fraction of sp³-hybridized carbons (Fsp3) is 0.429. The Morgan fingerprint density at radius 1 is 1.40 bits per heavy atom. The SMILES string of the molecule is Cc1nc(CCN(C)CC(O)c2ccccc2Br)n[nH]1. The summed E-state index contributed by atoms with van der Waals surface area (Å²) in [6.45, 7) is 3.27. The molecule has 0 aliphatic rings. The van der Waals surface area contributed by atoms with Crippen molar-refractivity contribution < 1.29 is 5.11 Å². The zero-order valence-electron chi connectivity index (χ0n) is 11.7. The predicted molar refractivity (Wildman–Crippen MR) is 81.4 cm³/mol. The zero-order chi connectivity index (χ0) is 14.5. The van der Waals surface area contributed by atoms with E-state index in [-0.39, 0.29) is 0 Å². The number of hydrogen-bond donors (Lipinski definition) is 2. The number of aliphatic hydroxyl groups is 1. The number of nitrogens with one attached hydrogen (secondary N) is 1. The molecular formula is C14H19BrN4O. The van der Waals surface area contributed by atoms with Gasteiger partial charge in [-0.15, -0.1) is 0 Å². The van der Waals surface area contributed by atoms with Gasteiger partial charge in [-0.25, -0.2) is 4.98 Å². The number of aryl methyl sites for hydroxylation is 1. The molecule has 5 nitrogen and oxygen atoms in total. The highest BCUT2D eigenvalue weighted by atomic mass is 79.9. The maximum Gasteiger partial charge on any atom is 0.151 e. The van der Waals surface area contributed by atoms with Crippen molar-refractivity contribution in [3.63, 3.8) is 0 Å². The molecule has 0 fully saturated rings. The summed E-state index contributed by atoms with van der Waals surface area (Å²) in [5, 5.41) is 17.2. The molecular weight excluding hydrogens is 320 g/mol. The monoisotopic (exact) mass is 338 g/mol. The number of benzene rings is 1. The molecule has 0 bridgehead atoms. The molecule has 20 heavy (non-hydrogen) atoms. The Labute approximate surface area is 127 Å². The minimum absolute atomic E-state index is 0.510. The Morgan fingerprint density at radius 2 is 2.15 bits per heavy atom. The maximum absolute atomic E-state index is 10.3. The number of aromatic nitrogens is 3. The van der Waals surface area contributed by atoms with E-state index in [2.05, 4.69) is 36.0 Å². The lowest BCUT2D eigenvalue weighted by molar-refractivity contribution is 0.126. The third-order valence-electron chi connectivity index (χ3n) is 3.11. The summed E-state index contributed by atoms with van der Waals surface area (Å²) in [5.74, 6) is 1.64. The van der Waals surface area contributed by atoms with E-state index in [4.69, 9.17) is 0 Å². The van der Waals surface area contributed by atoms with Crippen LogP contribution in [-0.2, 0) is 6.42 Å². The number of likely N-dealkylation sites (N-methyl/N-ethyl adjacent to an activating group) is 1. The van der Waals surface area contributed by atoms with Crippen molar-refractivity contribution in [3.05, 3.63) is 46.0 Å². The summed E-state index contributed by atoms with van der Waals surface area (Å²) < 4.78 is 0.936. The van der Waals surface area contributed by atoms with E-state index < -0.39 is 6.10 Å². The van der Waals surface area contributed by atoms with Crippen molar-refractivity contribution in [1.82, 2.24) is 20.1 Å². The highest BCUT2D eigenvalue weighted by Gasteiger charge is 2.13. The van der Waals surface area contributed by atoms with Gasteiger partial charge in [0.05, 0.1) is 6.10 Å². The molecule has 1 aromatic carbocycles. The highest BCUT2D eigenvalue weighted by molar-refractivity contribution is 9.10. The van der Waals surface area contributed by atoms with E-state index >= 15 is 0 Å². The van der Waals surface area contributed by atoms with Crippen LogP contribution in [0, 0.1) is 6.92 Å². The molecule has 2 aromatic rings. The van der Waals surface area contributed by atoms with Gasteiger partial charge in [-0.1, -0.05) is 34.1 Å². The molecule has 1 unspecified atom stereocenters. The Hall–Kier alpha value is -1.24. The van der Waals surface area contributed by atoms with Crippen molar-refractivity contribution in [2.24, 2.45) is 0 Å². The van der Waals surface area contributed by atoms with Gasteiger partial charge in [0, 0.05) is 24.0 Å². The molecule has 0 saturated heterocycles. The van der Waals surface area contributed by atoms with Crippen LogP contribution in [0.5, 0.6) is 0 Å². The fourth-order valence-electron chi connectivity index (χ4n) is 2.02. The molecule has 108 valence electrons. The second-order valence-electron chi connectivity index (χ2n) is 4.89.